The van der Waals surface area contributed by atoms with Gasteiger partial charge in [0, 0.05) is 3.42 Å². The zero-order valence-electron chi connectivity index (χ0n) is 18.1. The van der Waals surface area contributed by atoms with Gasteiger partial charge in [-0.15, -0.1) is 0 Å². The molecule has 5 aliphatic rings. The minimum absolute atomic E-state index is 0.493. The number of hydrogen-bond acceptors (Lipinski definition) is 0. The molecule has 27 heavy (non-hydrogen) atoms. The third-order valence-electron chi connectivity index (χ3n) is 11.2. The maximum absolute atomic E-state index is 2.92. The topological polar surface area (TPSA) is 0 Å². The third kappa shape index (κ3) is 2.45. The number of hydrogen-bond donors (Lipinski definition) is 0. The Bertz CT molecular complexity index is 636. The van der Waals surface area contributed by atoms with E-state index in [1.54, 1.807) is 0 Å². The van der Waals surface area contributed by atoms with Gasteiger partial charge in [-0.25, -0.2) is 0 Å². The molecule has 0 aromatic rings. The molecule has 1 heteroatoms. The molecule has 4 fully saturated rings. The van der Waals surface area contributed by atoms with Gasteiger partial charge in [0.25, 0.3) is 0 Å². The van der Waals surface area contributed by atoms with E-state index in [9.17, 15) is 0 Å². The molecule has 0 saturated heterocycles. The van der Waals surface area contributed by atoms with Crippen molar-refractivity contribution in [1.82, 2.24) is 0 Å². The predicted octanol–water partition coefficient (Wildman–Crippen LogP) is 8.48. The van der Waals surface area contributed by atoms with Gasteiger partial charge in [-0.05, 0) is 98.2 Å². The van der Waals surface area contributed by atoms with Crippen molar-refractivity contribution in [3.05, 3.63) is 11.6 Å². The van der Waals surface area contributed by atoms with Gasteiger partial charge in [0.1, 0.15) is 0 Å². The Morgan fingerprint density at radius 1 is 0.926 bits per heavy atom. The minimum atomic E-state index is 0.493. The number of halogens is 1. The molecule has 0 radical (unpaired) electrons. The lowest BCUT2D eigenvalue weighted by Crippen LogP contribution is -2.62. The fourth-order valence-corrected chi connectivity index (χ4v) is 10.9. The van der Waals surface area contributed by atoms with Gasteiger partial charge < -0.3 is 0 Å². The maximum Gasteiger partial charge on any atom is 0.0288 e. The van der Waals surface area contributed by atoms with E-state index in [2.05, 4.69) is 49.4 Å². The Morgan fingerprint density at radius 3 is 2.52 bits per heavy atom. The van der Waals surface area contributed by atoms with Crippen molar-refractivity contribution in [2.45, 2.75) is 114 Å². The highest BCUT2D eigenvalue weighted by Gasteiger charge is 2.66. The molecule has 0 aromatic heterocycles. The van der Waals surface area contributed by atoms with Crippen LogP contribution in [0.1, 0.15) is 111 Å². The summed E-state index contributed by atoms with van der Waals surface area (Å²) in [5.74, 6) is 2.87. The first-order valence-corrected chi connectivity index (χ1v) is 13.4. The van der Waals surface area contributed by atoms with E-state index in [0.717, 1.165) is 17.8 Å². The molecule has 152 valence electrons. The average Bonchev–Trinajstić information content (AvgIpc) is 2.67. The van der Waals surface area contributed by atoms with Crippen molar-refractivity contribution < 1.29 is 0 Å². The second kappa shape index (κ2) is 6.48. The van der Waals surface area contributed by atoms with E-state index in [1.807, 2.05) is 5.57 Å². The third-order valence-corrected chi connectivity index (χ3v) is 13.0. The largest absolute Gasteiger partial charge is 0.0841 e. The van der Waals surface area contributed by atoms with E-state index < -0.39 is 0 Å². The summed E-state index contributed by atoms with van der Waals surface area (Å²) < 4.78 is 0.592. The highest BCUT2D eigenvalue weighted by molar-refractivity contribution is 14.1. The quantitative estimate of drug-likeness (QED) is 0.201. The van der Waals surface area contributed by atoms with Crippen molar-refractivity contribution in [3.8, 4) is 0 Å². The smallest absolute Gasteiger partial charge is 0.0288 e. The van der Waals surface area contributed by atoms with Gasteiger partial charge in [0.2, 0.25) is 0 Å². The van der Waals surface area contributed by atoms with Gasteiger partial charge in [-0.2, -0.15) is 0 Å². The Morgan fingerprint density at radius 2 is 1.70 bits per heavy atom. The lowest BCUT2D eigenvalue weighted by atomic mass is 9.35. The molecule has 0 aromatic carbocycles. The van der Waals surface area contributed by atoms with Crippen LogP contribution in [0.5, 0.6) is 0 Å². The summed E-state index contributed by atoms with van der Waals surface area (Å²) in [6.45, 7) is 8.06. The van der Waals surface area contributed by atoms with Crippen LogP contribution in [-0.4, -0.2) is 3.42 Å². The summed E-state index contributed by atoms with van der Waals surface area (Å²) in [5, 5.41) is 0. The van der Waals surface area contributed by atoms with Gasteiger partial charge in [0.15, 0.2) is 0 Å². The van der Waals surface area contributed by atoms with Crippen molar-refractivity contribution in [1.29, 1.82) is 0 Å². The molecule has 0 amide bonds. The van der Waals surface area contributed by atoms with Crippen LogP contribution in [0.2, 0.25) is 0 Å². The first-order chi connectivity index (χ1) is 12.9. The normalized spacial score (nSPS) is 54.8. The maximum atomic E-state index is 2.92. The Balaban J connectivity index is 1.60. The van der Waals surface area contributed by atoms with E-state index in [4.69, 9.17) is 0 Å². The molecule has 0 bridgehead atoms. The monoisotopic (exact) mass is 480 g/mol. The van der Waals surface area contributed by atoms with Crippen molar-refractivity contribution in [3.63, 3.8) is 0 Å². The molecule has 7 unspecified atom stereocenters. The minimum Gasteiger partial charge on any atom is -0.0841 e. The molecule has 5 rings (SSSR count). The van der Waals surface area contributed by atoms with Crippen LogP contribution in [0, 0.1) is 34.0 Å². The molecule has 0 spiro atoms. The van der Waals surface area contributed by atoms with Gasteiger partial charge >= 0.3 is 0 Å². The Kier molecular flexibility index (Phi) is 4.67. The molecule has 0 heterocycles. The fraction of sp³-hybridized carbons (Fsp3) is 0.923. The molecular formula is C26H41I. The summed E-state index contributed by atoms with van der Waals surface area (Å²) in [4.78, 5) is 0. The molecule has 4 saturated carbocycles. The second-order valence-electron chi connectivity index (χ2n) is 11.6. The van der Waals surface area contributed by atoms with Gasteiger partial charge in [-0.3, -0.25) is 0 Å². The molecule has 7 atom stereocenters. The summed E-state index contributed by atoms with van der Waals surface area (Å²) in [6.07, 6.45) is 23.7. The van der Waals surface area contributed by atoms with E-state index in [0.29, 0.717) is 19.7 Å². The number of alkyl halides is 1. The van der Waals surface area contributed by atoms with Crippen molar-refractivity contribution in [2.75, 3.05) is 0 Å². The van der Waals surface area contributed by atoms with Crippen LogP contribution in [0.15, 0.2) is 11.6 Å². The zero-order chi connectivity index (χ0) is 18.9. The summed E-state index contributed by atoms with van der Waals surface area (Å²) in [7, 11) is 0. The predicted molar refractivity (Wildman–Crippen MR) is 124 cm³/mol. The number of allylic oxidation sites excluding steroid dienone is 2. The molecule has 0 aliphatic heterocycles. The lowest BCUT2D eigenvalue weighted by molar-refractivity contribution is -0.155. The standard InChI is InChI=1S/C26H41I/c1-4-25-16-13-19-9-5-7-14-23(19,2)22(25)12-11-20-21-10-6-8-15-26(21,27)18-17-24(20,25)3/h11,19,21-22H,4-10,12-18H2,1-3H3. The molecular weight excluding hydrogens is 439 g/mol. The van der Waals surface area contributed by atoms with Crippen LogP contribution < -0.4 is 0 Å². The number of rotatable bonds is 1. The summed E-state index contributed by atoms with van der Waals surface area (Å²) >= 11 is 2.92. The molecule has 0 N–H and O–H groups in total. The van der Waals surface area contributed by atoms with Gasteiger partial charge in [0.05, 0.1) is 0 Å². The van der Waals surface area contributed by atoms with Crippen molar-refractivity contribution in [2.24, 2.45) is 34.0 Å². The van der Waals surface area contributed by atoms with Crippen LogP contribution in [-0.2, 0) is 0 Å². The zero-order valence-corrected chi connectivity index (χ0v) is 20.2. The fourth-order valence-electron chi connectivity index (χ4n) is 9.64. The molecule has 5 aliphatic carbocycles. The molecule has 0 nitrogen and oxygen atoms in total. The van der Waals surface area contributed by atoms with Crippen molar-refractivity contribution >= 4 is 22.6 Å². The first kappa shape index (κ1) is 19.4. The van der Waals surface area contributed by atoms with Gasteiger partial charge in [-0.1, -0.05) is 80.7 Å². The lowest BCUT2D eigenvalue weighted by Gasteiger charge is -2.69. The summed E-state index contributed by atoms with van der Waals surface area (Å²) in [6, 6.07) is 0. The Hall–Kier alpha value is 0.470. The number of fused-ring (bicyclic) bond motifs is 7. The highest BCUT2D eigenvalue weighted by Crippen LogP contribution is 2.74. The van der Waals surface area contributed by atoms with Crippen LogP contribution in [0.25, 0.3) is 0 Å². The van der Waals surface area contributed by atoms with E-state index >= 15 is 0 Å². The van der Waals surface area contributed by atoms with Crippen LogP contribution in [0.4, 0.5) is 0 Å². The van der Waals surface area contributed by atoms with E-state index in [-0.39, 0.29) is 0 Å². The highest BCUT2D eigenvalue weighted by atomic mass is 127. The second-order valence-corrected chi connectivity index (χ2v) is 13.8. The first-order valence-electron chi connectivity index (χ1n) is 12.3. The Labute approximate surface area is 181 Å². The average molecular weight is 481 g/mol. The SMILES string of the molecule is CCC12CCC3CCCCC3(C)C1CC=C1C3CCCCC3(I)CCC12C. The van der Waals surface area contributed by atoms with Crippen LogP contribution in [0.3, 0.4) is 0 Å². The van der Waals surface area contributed by atoms with E-state index in [1.165, 1.54) is 89.9 Å². The summed E-state index contributed by atoms with van der Waals surface area (Å²) in [5.41, 5.74) is 3.67. The van der Waals surface area contributed by atoms with Crippen LogP contribution >= 0.6 is 22.6 Å².